The van der Waals surface area contributed by atoms with Gasteiger partial charge in [-0.15, -0.1) is 0 Å². The van der Waals surface area contributed by atoms with Gasteiger partial charge in [0.25, 0.3) is 0 Å². The minimum absolute atomic E-state index is 0.910. The van der Waals surface area contributed by atoms with E-state index >= 15 is 0 Å². The van der Waals surface area contributed by atoms with Crippen LogP contribution in [0.1, 0.15) is 12.8 Å². The van der Waals surface area contributed by atoms with Gasteiger partial charge < -0.3 is 15.0 Å². The fraction of sp³-hybridized carbons (Fsp3) is 0.538. The lowest BCUT2D eigenvalue weighted by atomic mass is 10.2. The number of methoxy groups -OCH3 is 1. The van der Waals surface area contributed by atoms with Crippen LogP contribution in [0.15, 0.2) is 24.3 Å². The van der Waals surface area contributed by atoms with E-state index < -0.39 is 0 Å². The van der Waals surface area contributed by atoms with Crippen molar-refractivity contribution in [3.63, 3.8) is 0 Å². The highest BCUT2D eigenvalue weighted by atomic mass is 16.5. The summed E-state index contributed by atoms with van der Waals surface area (Å²) in [5.41, 5.74) is 1.24. The van der Waals surface area contributed by atoms with E-state index in [1.807, 2.05) is 19.2 Å². The van der Waals surface area contributed by atoms with E-state index in [0.717, 1.165) is 18.8 Å². The Morgan fingerprint density at radius 1 is 1.19 bits per heavy atom. The van der Waals surface area contributed by atoms with Gasteiger partial charge in [-0.2, -0.15) is 0 Å². The van der Waals surface area contributed by atoms with Crippen LogP contribution in [-0.4, -0.2) is 34.3 Å². The number of benzene rings is 1. The van der Waals surface area contributed by atoms with Crippen molar-refractivity contribution < 1.29 is 4.74 Å². The minimum atomic E-state index is 0.910. The van der Waals surface area contributed by atoms with Crippen molar-refractivity contribution >= 4 is 5.69 Å². The molecular formula is C13H22N2O. The molecule has 90 valence electrons. The summed E-state index contributed by atoms with van der Waals surface area (Å²) >= 11 is 0. The second-order valence-corrected chi connectivity index (χ2v) is 3.93. The molecule has 0 radical (unpaired) electrons. The van der Waals surface area contributed by atoms with E-state index in [9.17, 15) is 0 Å². The predicted molar refractivity (Wildman–Crippen MR) is 69.4 cm³/mol. The molecule has 1 N–H and O–H groups in total. The number of ether oxygens (including phenoxy) is 1. The van der Waals surface area contributed by atoms with Gasteiger partial charge >= 0.3 is 0 Å². The fourth-order valence-corrected chi connectivity index (χ4v) is 1.62. The lowest BCUT2D eigenvalue weighted by Gasteiger charge is -2.19. The lowest BCUT2D eigenvalue weighted by molar-refractivity contribution is 0.415. The Kier molecular flexibility index (Phi) is 5.72. The first-order chi connectivity index (χ1) is 7.77. The van der Waals surface area contributed by atoms with Crippen LogP contribution in [0.25, 0.3) is 0 Å². The van der Waals surface area contributed by atoms with Crippen LogP contribution in [-0.2, 0) is 0 Å². The highest BCUT2D eigenvalue weighted by Crippen LogP contribution is 2.18. The minimum Gasteiger partial charge on any atom is -0.497 e. The first-order valence-electron chi connectivity index (χ1n) is 5.77. The van der Waals surface area contributed by atoms with E-state index in [0.29, 0.717) is 0 Å². The average molecular weight is 222 g/mol. The molecule has 0 saturated heterocycles. The van der Waals surface area contributed by atoms with Gasteiger partial charge in [0.2, 0.25) is 0 Å². The van der Waals surface area contributed by atoms with Crippen LogP contribution in [0.2, 0.25) is 0 Å². The molecule has 0 saturated carbocycles. The molecule has 3 nitrogen and oxygen atoms in total. The number of hydrogen-bond acceptors (Lipinski definition) is 3. The molecule has 0 bridgehead atoms. The average Bonchev–Trinajstić information content (AvgIpc) is 2.34. The number of unbranched alkanes of at least 4 members (excludes halogenated alkanes) is 1. The summed E-state index contributed by atoms with van der Waals surface area (Å²) in [6, 6.07) is 8.19. The highest BCUT2D eigenvalue weighted by molar-refractivity contribution is 5.48. The van der Waals surface area contributed by atoms with Crippen molar-refractivity contribution in [1.29, 1.82) is 0 Å². The van der Waals surface area contributed by atoms with Crippen molar-refractivity contribution in [3.05, 3.63) is 24.3 Å². The third-order valence-electron chi connectivity index (χ3n) is 2.68. The zero-order valence-electron chi connectivity index (χ0n) is 10.5. The summed E-state index contributed by atoms with van der Waals surface area (Å²) in [5.74, 6) is 0.910. The van der Waals surface area contributed by atoms with E-state index in [-0.39, 0.29) is 0 Å². The highest BCUT2D eigenvalue weighted by Gasteiger charge is 2.00. The maximum atomic E-state index is 5.14. The zero-order valence-corrected chi connectivity index (χ0v) is 10.5. The SMILES string of the molecule is CNCCCCN(C)c1ccc(OC)cc1. The molecule has 0 amide bonds. The van der Waals surface area contributed by atoms with Crippen LogP contribution in [0.4, 0.5) is 5.69 Å². The maximum Gasteiger partial charge on any atom is 0.119 e. The summed E-state index contributed by atoms with van der Waals surface area (Å²) in [5, 5.41) is 3.16. The molecule has 1 aromatic rings. The van der Waals surface area contributed by atoms with Gasteiger partial charge in [-0.3, -0.25) is 0 Å². The Morgan fingerprint density at radius 2 is 1.88 bits per heavy atom. The first-order valence-corrected chi connectivity index (χ1v) is 5.77. The summed E-state index contributed by atoms with van der Waals surface area (Å²) in [7, 11) is 5.81. The van der Waals surface area contributed by atoms with Crippen LogP contribution in [0, 0.1) is 0 Å². The molecule has 16 heavy (non-hydrogen) atoms. The van der Waals surface area contributed by atoms with Gasteiger partial charge in [-0.05, 0) is 50.7 Å². The van der Waals surface area contributed by atoms with Gasteiger partial charge in [0.15, 0.2) is 0 Å². The lowest BCUT2D eigenvalue weighted by Crippen LogP contribution is -2.19. The van der Waals surface area contributed by atoms with Crippen LogP contribution in [0.3, 0.4) is 0 Å². The maximum absolute atomic E-state index is 5.14. The standard InChI is InChI=1S/C13H22N2O/c1-14-10-4-5-11-15(2)12-6-8-13(16-3)9-7-12/h6-9,14H,4-5,10-11H2,1-3H3. The molecule has 0 aliphatic heterocycles. The molecule has 0 aliphatic rings. The predicted octanol–water partition coefficient (Wildman–Crippen LogP) is 2.13. The van der Waals surface area contributed by atoms with Gasteiger partial charge in [0.1, 0.15) is 5.75 Å². The molecule has 0 aromatic heterocycles. The molecule has 0 fully saturated rings. The quantitative estimate of drug-likeness (QED) is 0.715. The number of anilines is 1. The van der Waals surface area contributed by atoms with Crippen molar-refractivity contribution in [3.8, 4) is 5.75 Å². The number of nitrogens with one attached hydrogen (secondary N) is 1. The molecule has 0 spiro atoms. The van der Waals surface area contributed by atoms with Crippen LogP contribution >= 0.6 is 0 Å². The van der Waals surface area contributed by atoms with Gasteiger partial charge in [-0.1, -0.05) is 0 Å². The zero-order chi connectivity index (χ0) is 11.8. The van der Waals surface area contributed by atoms with E-state index in [2.05, 4.69) is 29.4 Å². The normalized spacial score (nSPS) is 10.2. The molecule has 1 aromatic carbocycles. The third-order valence-corrected chi connectivity index (χ3v) is 2.68. The van der Waals surface area contributed by atoms with Crippen molar-refractivity contribution in [2.45, 2.75) is 12.8 Å². The van der Waals surface area contributed by atoms with Gasteiger partial charge in [-0.25, -0.2) is 0 Å². The largest absolute Gasteiger partial charge is 0.497 e. The monoisotopic (exact) mass is 222 g/mol. The number of hydrogen-bond donors (Lipinski definition) is 1. The van der Waals surface area contributed by atoms with E-state index in [1.54, 1.807) is 7.11 Å². The smallest absolute Gasteiger partial charge is 0.119 e. The Hall–Kier alpha value is -1.22. The molecule has 0 atom stereocenters. The summed E-state index contributed by atoms with van der Waals surface area (Å²) in [6.45, 7) is 2.18. The molecule has 0 heterocycles. The van der Waals surface area contributed by atoms with Gasteiger partial charge in [0, 0.05) is 19.3 Å². The van der Waals surface area contributed by atoms with E-state index in [4.69, 9.17) is 4.74 Å². The molecule has 0 aliphatic carbocycles. The van der Waals surface area contributed by atoms with Gasteiger partial charge in [0.05, 0.1) is 7.11 Å². The van der Waals surface area contributed by atoms with Crippen LogP contribution < -0.4 is 15.0 Å². The summed E-state index contributed by atoms with van der Waals surface area (Å²) < 4.78 is 5.14. The Morgan fingerprint density at radius 3 is 2.44 bits per heavy atom. The second kappa shape index (κ2) is 7.12. The third kappa shape index (κ3) is 4.11. The van der Waals surface area contributed by atoms with Crippen LogP contribution in [0.5, 0.6) is 5.75 Å². The molecule has 3 heteroatoms. The van der Waals surface area contributed by atoms with E-state index in [1.165, 1.54) is 18.5 Å². The first kappa shape index (κ1) is 12.8. The number of nitrogens with zero attached hydrogens (tertiary/aromatic N) is 1. The summed E-state index contributed by atoms with van der Waals surface area (Å²) in [6.07, 6.45) is 2.43. The Labute approximate surface area is 98.4 Å². The Balaban J connectivity index is 2.37. The van der Waals surface area contributed by atoms with Crippen molar-refractivity contribution in [1.82, 2.24) is 5.32 Å². The topological polar surface area (TPSA) is 24.5 Å². The number of rotatable bonds is 7. The Bertz CT molecular complexity index is 284. The molecular weight excluding hydrogens is 200 g/mol. The molecule has 1 rings (SSSR count). The van der Waals surface area contributed by atoms with Crippen molar-refractivity contribution in [2.75, 3.05) is 39.2 Å². The fourth-order valence-electron chi connectivity index (χ4n) is 1.62. The molecule has 0 unspecified atom stereocenters. The second-order valence-electron chi connectivity index (χ2n) is 3.93. The van der Waals surface area contributed by atoms with Crippen molar-refractivity contribution in [2.24, 2.45) is 0 Å². The summed E-state index contributed by atoms with van der Waals surface area (Å²) in [4.78, 5) is 2.27.